The zero-order valence-electron chi connectivity index (χ0n) is 10.5. The molecule has 0 radical (unpaired) electrons. The maximum Gasteiger partial charge on any atom is 0.240 e. The first-order valence-corrected chi connectivity index (χ1v) is 6.36. The average molecular weight is 228 g/mol. The summed E-state index contributed by atoms with van der Waals surface area (Å²) >= 11 is 0. The minimum absolute atomic E-state index is 0.156. The number of hydrogen-bond donors (Lipinski definition) is 2. The predicted molar refractivity (Wildman–Crippen MR) is 64.4 cm³/mol. The molecule has 16 heavy (non-hydrogen) atoms. The molecular formula is C12H24N2O2. The summed E-state index contributed by atoms with van der Waals surface area (Å²) in [6, 6.07) is 0. The Bertz CT molecular complexity index is 213. The number of nitrogens with one attached hydrogen (secondary N) is 2. The van der Waals surface area contributed by atoms with Gasteiger partial charge in [0.25, 0.3) is 0 Å². The van der Waals surface area contributed by atoms with Crippen molar-refractivity contribution >= 4 is 5.91 Å². The van der Waals surface area contributed by atoms with Crippen molar-refractivity contribution in [1.82, 2.24) is 10.6 Å². The van der Waals surface area contributed by atoms with Crippen LogP contribution in [0.25, 0.3) is 0 Å². The van der Waals surface area contributed by atoms with Crippen molar-refractivity contribution in [1.29, 1.82) is 0 Å². The van der Waals surface area contributed by atoms with E-state index in [1.807, 2.05) is 6.92 Å². The van der Waals surface area contributed by atoms with Crippen LogP contribution in [0.5, 0.6) is 0 Å². The number of ether oxygens (including phenoxy) is 1. The highest BCUT2D eigenvalue weighted by molar-refractivity contribution is 5.86. The van der Waals surface area contributed by atoms with E-state index in [-0.39, 0.29) is 11.4 Å². The number of rotatable bonds is 7. The maximum atomic E-state index is 12.0. The molecule has 1 fully saturated rings. The van der Waals surface area contributed by atoms with Crippen LogP contribution in [0.2, 0.25) is 0 Å². The molecule has 4 heteroatoms. The second kappa shape index (κ2) is 6.86. The molecule has 1 amide bonds. The third-order valence-corrected chi connectivity index (χ3v) is 3.24. The summed E-state index contributed by atoms with van der Waals surface area (Å²) in [6.45, 7) is 7.19. The van der Waals surface area contributed by atoms with Crippen molar-refractivity contribution in [3.63, 3.8) is 0 Å². The summed E-state index contributed by atoms with van der Waals surface area (Å²) in [7, 11) is 0. The van der Waals surface area contributed by atoms with Gasteiger partial charge in [-0.3, -0.25) is 4.79 Å². The van der Waals surface area contributed by atoms with Gasteiger partial charge in [0, 0.05) is 19.8 Å². The molecule has 1 saturated heterocycles. The first-order valence-electron chi connectivity index (χ1n) is 6.36. The van der Waals surface area contributed by atoms with E-state index in [0.29, 0.717) is 6.54 Å². The molecule has 1 heterocycles. The van der Waals surface area contributed by atoms with Crippen LogP contribution in [0.4, 0.5) is 0 Å². The number of hydrogen-bond acceptors (Lipinski definition) is 3. The Labute approximate surface area is 98.1 Å². The average Bonchev–Trinajstić information content (AvgIpc) is 2.78. The lowest BCUT2D eigenvalue weighted by molar-refractivity contribution is -0.127. The third-order valence-electron chi connectivity index (χ3n) is 3.24. The van der Waals surface area contributed by atoms with Gasteiger partial charge in [0.1, 0.15) is 0 Å². The Hall–Kier alpha value is -0.610. The van der Waals surface area contributed by atoms with Crippen molar-refractivity contribution in [2.75, 3.05) is 26.3 Å². The van der Waals surface area contributed by atoms with Gasteiger partial charge in [0.2, 0.25) is 5.91 Å². The number of carbonyl (C=O) groups is 1. The lowest BCUT2D eigenvalue weighted by atomic mass is 9.93. The van der Waals surface area contributed by atoms with E-state index in [0.717, 1.165) is 45.4 Å². The molecule has 0 bridgehead atoms. The Morgan fingerprint density at radius 1 is 1.50 bits per heavy atom. The van der Waals surface area contributed by atoms with Crippen LogP contribution in [0, 0.1) is 0 Å². The molecule has 0 aromatic heterocycles. The molecule has 0 aromatic rings. The summed E-state index contributed by atoms with van der Waals surface area (Å²) in [5, 5.41) is 6.32. The van der Waals surface area contributed by atoms with Crippen LogP contribution >= 0.6 is 0 Å². The van der Waals surface area contributed by atoms with Crippen molar-refractivity contribution in [3.8, 4) is 0 Å². The molecule has 0 aliphatic carbocycles. The molecule has 0 saturated carbocycles. The van der Waals surface area contributed by atoms with E-state index in [1.165, 1.54) is 0 Å². The Kier molecular flexibility index (Phi) is 5.77. The predicted octanol–water partition coefficient (Wildman–Crippen LogP) is 1.06. The highest BCUT2D eigenvalue weighted by atomic mass is 16.5. The highest BCUT2D eigenvalue weighted by Crippen LogP contribution is 2.22. The van der Waals surface area contributed by atoms with Gasteiger partial charge in [-0.05, 0) is 39.2 Å². The van der Waals surface area contributed by atoms with Crippen molar-refractivity contribution in [3.05, 3.63) is 0 Å². The monoisotopic (exact) mass is 228 g/mol. The van der Waals surface area contributed by atoms with Gasteiger partial charge >= 0.3 is 0 Å². The van der Waals surface area contributed by atoms with Crippen LogP contribution in [0.15, 0.2) is 0 Å². The van der Waals surface area contributed by atoms with Crippen molar-refractivity contribution < 1.29 is 9.53 Å². The van der Waals surface area contributed by atoms with E-state index in [4.69, 9.17) is 4.74 Å². The summed E-state index contributed by atoms with van der Waals surface area (Å²) in [5.41, 5.74) is -0.300. The van der Waals surface area contributed by atoms with Crippen LogP contribution in [0.3, 0.4) is 0 Å². The van der Waals surface area contributed by atoms with E-state index in [9.17, 15) is 4.79 Å². The summed E-state index contributed by atoms with van der Waals surface area (Å²) in [4.78, 5) is 12.0. The fraction of sp³-hybridized carbons (Fsp3) is 0.917. The molecule has 0 aromatic carbocycles. The zero-order chi connectivity index (χ0) is 11.9. The number of amides is 1. The molecule has 1 aliphatic heterocycles. The third kappa shape index (κ3) is 3.46. The number of carbonyl (C=O) groups excluding carboxylic acids is 1. The van der Waals surface area contributed by atoms with Crippen LogP contribution < -0.4 is 10.6 Å². The lowest BCUT2D eigenvalue weighted by Crippen LogP contribution is -2.53. The topological polar surface area (TPSA) is 50.4 Å². The molecule has 0 spiro atoms. The van der Waals surface area contributed by atoms with Crippen molar-refractivity contribution in [2.24, 2.45) is 0 Å². The summed E-state index contributed by atoms with van der Waals surface area (Å²) in [6.07, 6.45) is 3.81. The van der Waals surface area contributed by atoms with Crippen molar-refractivity contribution in [2.45, 2.75) is 45.1 Å². The smallest absolute Gasteiger partial charge is 0.240 e. The standard InChI is InChI=1S/C12H24N2O2/c1-3-12(7-5-9-14-12)11(15)13-8-6-10-16-4-2/h14H,3-10H2,1-2H3,(H,13,15). The molecular weight excluding hydrogens is 204 g/mol. The Morgan fingerprint density at radius 3 is 2.88 bits per heavy atom. The quantitative estimate of drug-likeness (QED) is 0.641. The lowest BCUT2D eigenvalue weighted by Gasteiger charge is -2.26. The van der Waals surface area contributed by atoms with Gasteiger partial charge in [0.05, 0.1) is 5.54 Å². The second-order valence-electron chi connectivity index (χ2n) is 4.27. The van der Waals surface area contributed by atoms with Gasteiger partial charge in [-0.15, -0.1) is 0 Å². The van der Waals surface area contributed by atoms with Gasteiger partial charge < -0.3 is 15.4 Å². The summed E-state index contributed by atoms with van der Waals surface area (Å²) in [5.74, 6) is 0.156. The summed E-state index contributed by atoms with van der Waals surface area (Å²) < 4.78 is 5.23. The zero-order valence-corrected chi connectivity index (χ0v) is 10.5. The first-order chi connectivity index (χ1) is 7.75. The van der Waals surface area contributed by atoms with Gasteiger partial charge in [-0.2, -0.15) is 0 Å². The Balaban J connectivity index is 2.22. The fourth-order valence-corrected chi connectivity index (χ4v) is 2.15. The van der Waals surface area contributed by atoms with Gasteiger partial charge in [-0.1, -0.05) is 6.92 Å². The molecule has 94 valence electrons. The van der Waals surface area contributed by atoms with E-state index in [1.54, 1.807) is 0 Å². The van der Waals surface area contributed by atoms with E-state index in [2.05, 4.69) is 17.6 Å². The molecule has 1 atom stereocenters. The second-order valence-corrected chi connectivity index (χ2v) is 4.27. The molecule has 1 aliphatic rings. The molecule has 2 N–H and O–H groups in total. The minimum atomic E-state index is -0.300. The van der Waals surface area contributed by atoms with E-state index < -0.39 is 0 Å². The molecule has 1 rings (SSSR count). The highest BCUT2D eigenvalue weighted by Gasteiger charge is 2.38. The SMILES string of the molecule is CCOCCCNC(=O)C1(CC)CCCN1. The van der Waals surface area contributed by atoms with Crippen LogP contribution in [-0.2, 0) is 9.53 Å². The first kappa shape index (κ1) is 13.5. The van der Waals surface area contributed by atoms with Gasteiger partial charge in [0.15, 0.2) is 0 Å². The molecule has 1 unspecified atom stereocenters. The normalized spacial score (nSPS) is 24.6. The maximum absolute atomic E-state index is 12.0. The van der Waals surface area contributed by atoms with Crippen LogP contribution in [0.1, 0.15) is 39.5 Å². The Morgan fingerprint density at radius 2 is 2.31 bits per heavy atom. The van der Waals surface area contributed by atoms with Crippen LogP contribution in [-0.4, -0.2) is 37.7 Å². The van der Waals surface area contributed by atoms with Gasteiger partial charge in [-0.25, -0.2) is 0 Å². The largest absolute Gasteiger partial charge is 0.382 e. The fourth-order valence-electron chi connectivity index (χ4n) is 2.15. The minimum Gasteiger partial charge on any atom is -0.382 e. The van der Waals surface area contributed by atoms with E-state index >= 15 is 0 Å². The molecule has 4 nitrogen and oxygen atoms in total.